The molecule has 4 rings (SSSR count). The SMILES string of the molecule is Cc1nc(CN2CCCN(C)CC2)sc1-c1csc(Nc2cc(C(N)=O)ccc2OC(C)C)n1. The van der Waals surface area contributed by atoms with Crippen molar-refractivity contribution in [3.05, 3.63) is 39.8 Å². The Labute approximate surface area is 208 Å². The molecule has 0 bridgehead atoms. The Morgan fingerprint density at radius 1 is 1.24 bits per heavy atom. The van der Waals surface area contributed by atoms with Gasteiger partial charge >= 0.3 is 0 Å². The van der Waals surface area contributed by atoms with Crippen LogP contribution in [0.3, 0.4) is 0 Å². The first-order valence-electron chi connectivity index (χ1n) is 11.5. The molecule has 10 heteroatoms. The molecule has 3 N–H and O–H groups in total. The highest BCUT2D eigenvalue weighted by Crippen LogP contribution is 2.36. The summed E-state index contributed by atoms with van der Waals surface area (Å²) in [5, 5.41) is 7.19. The zero-order chi connectivity index (χ0) is 24.2. The molecule has 1 aliphatic rings. The number of likely N-dealkylation sites (N-methyl/N-ethyl adjacent to an activating group) is 1. The number of anilines is 2. The topological polar surface area (TPSA) is 96.6 Å². The highest BCUT2D eigenvalue weighted by atomic mass is 32.1. The van der Waals surface area contributed by atoms with Crippen molar-refractivity contribution in [2.45, 2.75) is 39.8 Å². The quantitative estimate of drug-likeness (QED) is 0.475. The zero-order valence-corrected chi connectivity index (χ0v) is 21.8. The average molecular weight is 501 g/mol. The van der Waals surface area contributed by atoms with Crippen molar-refractivity contribution in [2.24, 2.45) is 5.73 Å². The standard InChI is InChI=1S/C24H32N6O2S2/c1-15(2)32-20-7-6-17(23(25)31)12-18(20)27-24-28-19(14-33-24)22-16(3)26-21(34-22)13-30-9-5-8-29(4)10-11-30/h6-7,12,14-15H,5,8-11,13H2,1-4H3,(H2,25,31)(H,27,28). The van der Waals surface area contributed by atoms with E-state index >= 15 is 0 Å². The van der Waals surface area contributed by atoms with Crippen molar-refractivity contribution in [1.82, 2.24) is 19.8 Å². The number of nitrogens with zero attached hydrogens (tertiary/aromatic N) is 4. The lowest BCUT2D eigenvalue weighted by atomic mass is 10.1. The van der Waals surface area contributed by atoms with Gasteiger partial charge in [0.25, 0.3) is 0 Å². The van der Waals surface area contributed by atoms with Crippen LogP contribution in [0.1, 0.15) is 41.3 Å². The Kier molecular flexibility index (Phi) is 7.82. The fraction of sp³-hybridized carbons (Fsp3) is 0.458. The van der Waals surface area contributed by atoms with Crippen LogP contribution in [0.15, 0.2) is 23.6 Å². The number of amides is 1. The van der Waals surface area contributed by atoms with Gasteiger partial charge < -0.3 is 20.7 Å². The largest absolute Gasteiger partial charge is 0.489 e. The molecule has 3 heterocycles. The van der Waals surface area contributed by atoms with Gasteiger partial charge in [-0.15, -0.1) is 22.7 Å². The average Bonchev–Trinajstić information content (AvgIpc) is 3.32. The summed E-state index contributed by atoms with van der Waals surface area (Å²) in [6, 6.07) is 5.13. The number of nitrogens with one attached hydrogen (secondary N) is 1. The number of benzene rings is 1. The van der Waals surface area contributed by atoms with Gasteiger partial charge in [-0.25, -0.2) is 9.97 Å². The molecule has 2 aromatic heterocycles. The maximum atomic E-state index is 11.7. The van der Waals surface area contributed by atoms with Crippen LogP contribution in [-0.4, -0.2) is 65.0 Å². The summed E-state index contributed by atoms with van der Waals surface area (Å²) in [6.07, 6.45) is 1.18. The third-order valence-electron chi connectivity index (χ3n) is 5.62. The van der Waals surface area contributed by atoms with Crippen LogP contribution in [0.25, 0.3) is 10.6 Å². The molecule has 1 saturated heterocycles. The summed E-state index contributed by atoms with van der Waals surface area (Å²) in [5.74, 6) is 0.166. The van der Waals surface area contributed by atoms with Crippen LogP contribution < -0.4 is 15.8 Å². The molecule has 0 atom stereocenters. The first kappa shape index (κ1) is 24.6. The van der Waals surface area contributed by atoms with E-state index in [9.17, 15) is 4.79 Å². The fourth-order valence-corrected chi connectivity index (χ4v) is 5.75. The van der Waals surface area contributed by atoms with Crippen molar-refractivity contribution in [3.63, 3.8) is 0 Å². The summed E-state index contributed by atoms with van der Waals surface area (Å²) < 4.78 is 5.90. The van der Waals surface area contributed by atoms with E-state index in [1.807, 2.05) is 26.2 Å². The number of carbonyl (C=O) groups excluding carboxylic acids is 1. The number of thiazole rings is 2. The van der Waals surface area contributed by atoms with Gasteiger partial charge in [-0.05, 0) is 65.5 Å². The lowest BCUT2D eigenvalue weighted by Crippen LogP contribution is -2.28. The molecule has 1 aliphatic heterocycles. The highest BCUT2D eigenvalue weighted by Gasteiger charge is 2.18. The molecule has 182 valence electrons. The van der Waals surface area contributed by atoms with Gasteiger partial charge in [0.1, 0.15) is 10.8 Å². The van der Waals surface area contributed by atoms with Gasteiger partial charge in [-0.3, -0.25) is 9.69 Å². The number of hydrogen-bond donors (Lipinski definition) is 2. The second-order valence-corrected chi connectivity index (χ2v) is 10.8. The molecule has 3 aromatic rings. The van der Waals surface area contributed by atoms with E-state index in [4.69, 9.17) is 20.4 Å². The van der Waals surface area contributed by atoms with Crippen LogP contribution >= 0.6 is 22.7 Å². The van der Waals surface area contributed by atoms with Crippen LogP contribution in [0.2, 0.25) is 0 Å². The van der Waals surface area contributed by atoms with Gasteiger partial charge in [-0.1, -0.05) is 0 Å². The number of primary amides is 1. The minimum absolute atomic E-state index is 0.00491. The highest BCUT2D eigenvalue weighted by molar-refractivity contribution is 7.16. The van der Waals surface area contributed by atoms with E-state index < -0.39 is 5.91 Å². The zero-order valence-electron chi connectivity index (χ0n) is 20.1. The number of rotatable bonds is 8. The Hall–Kier alpha value is -2.53. The predicted molar refractivity (Wildman–Crippen MR) is 139 cm³/mol. The lowest BCUT2D eigenvalue weighted by molar-refractivity contribution is 0.100. The Morgan fingerprint density at radius 3 is 2.82 bits per heavy atom. The minimum atomic E-state index is -0.483. The number of ether oxygens (including phenoxy) is 1. The maximum absolute atomic E-state index is 11.7. The van der Waals surface area contributed by atoms with E-state index in [0.717, 1.165) is 59.1 Å². The summed E-state index contributed by atoms with van der Waals surface area (Å²) in [5.41, 5.74) is 8.46. The van der Waals surface area contributed by atoms with Gasteiger partial charge in [-0.2, -0.15) is 0 Å². The van der Waals surface area contributed by atoms with E-state index in [2.05, 4.69) is 22.2 Å². The van der Waals surface area contributed by atoms with Crippen LogP contribution in [0, 0.1) is 6.92 Å². The minimum Gasteiger partial charge on any atom is -0.489 e. The van der Waals surface area contributed by atoms with Crippen molar-refractivity contribution >= 4 is 39.4 Å². The van der Waals surface area contributed by atoms with Crippen LogP contribution in [-0.2, 0) is 6.54 Å². The number of nitrogens with two attached hydrogens (primary N) is 1. The van der Waals surface area contributed by atoms with Gasteiger partial charge in [0, 0.05) is 24.0 Å². The molecule has 1 aromatic carbocycles. The fourth-order valence-electron chi connectivity index (χ4n) is 3.90. The molecule has 0 aliphatic carbocycles. The van der Waals surface area contributed by atoms with Gasteiger partial charge in [0.2, 0.25) is 5.91 Å². The predicted octanol–water partition coefficient (Wildman–Crippen LogP) is 4.34. The van der Waals surface area contributed by atoms with E-state index in [0.29, 0.717) is 17.0 Å². The summed E-state index contributed by atoms with van der Waals surface area (Å²) in [4.78, 5) is 27.3. The molecule has 8 nitrogen and oxygen atoms in total. The molecular formula is C24H32N6O2S2. The molecule has 0 unspecified atom stereocenters. The van der Waals surface area contributed by atoms with Crippen LogP contribution in [0.5, 0.6) is 5.75 Å². The lowest BCUT2D eigenvalue weighted by Gasteiger charge is -2.18. The molecule has 0 radical (unpaired) electrons. The van der Waals surface area contributed by atoms with Crippen LogP contribution in [0.4, 0.5) is 10.8 Å². The Bertz CT molecular complexity index is 1140. The Balaban J connectivity index is 1.51. The number of carbonyl (C=O) groups is 1. The summed E-state index contributed by atoms with van der Waals surface area (Å²) >= 11 is 3.22. The molecule has 1 amide bonds. The molecule has 34 heavy (non-hydrogen) atoms. The first-order chi connectivity index (χ1) is 16.3. The van der Waals surface area contributed by atoms with Crippen molar-refractivity contribution in [2.75, 3.05) is 38.5 Å². The number of aromatic nitrogens is 2. The van der Waals surface area contributed by atoms with Crippen molar-refractivity contribution in [1.29, 1.82) is 0 Å². The van der Waals surface area contributed by atoms with Crippen molar-refractivity contribution < 1.29 is 9.53 Å². The van der Waals surface area contributed by atoms with E-state index in [-0.39, 0.29) is 6.10 Å². The van der Waals surface area contributed by atoms with E-state index in [1.54, 1.807) is 29.5 Å². The number of hydrogen-bond acceptors (Lipinski definition) is 9. The molecular weight excluding hydrogens is 468 g/mol. The smallest absolute Gasteiger partial charge is 0.248 e. The third kappa shape index (κ3) is 6.12. The van der Waals surface area contributed by atoms with Crippen molar-refractivity contribution in [3.8, 4) is 16.3 Å². The van der Waals surface area contributed by atoms with Gasteiger partial charge in [0.05, 0.1) is 34.6 Å². The maximum Gasteiger partial charge on any atom is 0.248 e. The monoisotopic (exact) mass is 500 g/mol. The molecule has 1 fully saturated rings. The summed E-state index contributed by atoms with van der Waals surface area (Å²) in [7, 11) is 2.19. The first-order valence-corrected chi connectivity index (χ1v) is 13.2. The van der Waals surface area contributed by atoms with Gasteiger partial charge in [0.15, 0.2) is 5.13 Å². The second-order valence-electron chi connectivity index (χ2n) is 8.86. The normalized spacial score (nSPS) is 15.4. The molecule has 0 spiro atoms. The summed E-state index contributed by atoms with van der Waals surface area (Å²) in [6.45, 7) is 11.3. The third-order valence-corrected chi connectivity index (χ3v) is 7.54. The second kappa shape index (κ2) is 10.8. The van der Waals surface area contributed by atoms with E-state index in [1.165, 1.54) is 17.8 Å². The molecule has 0 saturated carbocycles. The number of aryl methyl sites for hydroxylation is 1. The Morgan fingerprint density at radius 2 is 2.06 bits per heavy atom.